The van der Waals surface area contributed by atoms with Crippen molar-refractivity contribution in [3.8, 4) is 0 Å². The topological polar surface area (TPSA) is 84.6 Å². The monoisotopic (exact) mass is 304 g/mol. The lowest BCUT2D eigenvalue weighted by atomic mass is 9.81. The molecule has 1 aliphatic carbocycles. The van der Waals surface area contributed by atoms with E-state index in [0.717, 1.165) is 18.4 Å². The number of aromatic nitrogens is 1. The van der Waals surface area contributed by atoms with E-state index in [1.807, 2.05) is 26.8 Å². The SMILES string of the molecule is CC(C)(C)ONc1oc2cc(C3CCC3)cnc2c1C(=O)O. The van der Waals surface area contributed by atoms with Gasteiger partial charge in [-0.1, -0.05) is 6.42 Å². The largest absolute Gasteiger partial charge is 0.477 e. The van der Waals surface area contributed by atoms with Crippen molar-refractivity contribution in [2.45, 2.75) is 51.6 Å². The van der Waals surface area contributed by atoms with Gasteiger partial charge in [0.25, 0.3) is 0 Å². The van der Waals surface area contributed by atoms with Crippen molar-refractivity contribution in [3.05, 3.63) is 23.4 Å². The number of nitrogens with one attached hydrogen (secondary N) is 1. The number of hydrogen-bond acceptors (Lipinski definition) is 5. The summed E-state index contributed by atoms with van der Waals surface area (Å²) in [5.41, 5.74) is 4.06. The maximum absolute atomic E-state index is 11.5. The van der Waals surface area contributed by atoms with Gasteiger partial charge in [-0.05, 0) is 51.2 Å². The molecule has 0 unspecified atom stereocenters. The van der Waals surface area contributed by atoms with Crippen molar-refractivity contribution in [1.82, 2.24) is 4.98 Å². The van der Waals surface area contributed by atoms with Crippen LogP contribution in [0.2, 0.25) is 0 Å². The minimum absolute atomic E-state index is 0.000547. The summed E-state index contributed by atoms with van der Waals surface area (Å²) in [5, 5.41) is 9.42. The maximum Gasteiger partial charge on any atom is 0.343 e. The molecule has 2 N–H and O–H groups in total. The Morgan fingerprint density at radius 2 is 2.18 bits per heavy atom. The highest BCUT2D eigenvalue weighted by Crippen LogP contribution is 2.38. The number of nitrogens with zero attached hydrogens (tertiary/aromatic N) is 1. The van der Waals surface area contributed by atoms with Crippen LogP contribution in [0.5, 0.6) is 0 Å². The molecule has 0 saturated heterocycles. The Morgan fingerprint density at radius 1 is 1.45 bits per heavy atom. The number of aromatic carboxylic acids is 1. The Balaban J connectivity index is 1.99. The first kappa shape index (κ1) is 14.8. The third kappa shape index (κ3) is 2.78. The van der Waals surface area contributed by atoms with Gasteiger partial charge >= 0.3 is 5.97 Å². The van der Waals surface area contributed by atoms with Crippen LogP contribution in [0.25, 0.3) is 11.1 Å². The Labute approximate surface area is 128 Å². The summed E-state index contributed by atoms with van der Waals surface area (Å²) in [4.78, 5) is 21.2. The molecule has 2 aromatic heterocycles. The van der Waals surface area contributed by atoms with Gasteiger partial charge in [-0.3, -0.25) is 9.82 Å². The lowest BCUT2D eigenvalue weighted by Crippen LogP contribution is -2.23. The van der Waals surface area contributed by atoms with E-state index in [0.29, 0.717) is 17.0 Å². The fourth-order valence-electron chi connectivity index (χ4n) is 2.43. The summed E-state index contributed by atoms with van der Waals surface area (Å²) in [5.74, 6) is -0.504. The van der Waals surface area contributed by atoms with Crippen molar-refractivity contribution < 1.29 is 19.2 Å². The highest BCUT2D eigenvalue weighted by molar-refractivity contribution is 6.05. The Bertz CT molecular complexity index is 711. The quantitative estimate of drug-likeness (QED) is 0.832. The van der Waals surface area contributed by atoms with E-state index in [1.54, 1.807) is 6.20 Å². The zero-order chi connectivity index (χ0) is 15.9. The number of carbonyl (C=O) groups is 1. The molecule has 6 nitrogen and oxygen atoms in total. The van der Waals surface area contributed by atoms with Crippen LogP contribution in [0.3, 0.4) is 0 Å². The van der Waals surface area contributed by atoms with Gasteiger partial charge in [0.1, 0.15) is 5.52 Å². The highest BCUT2D eigenvalue weighted by Gasteiger charge is 2.26. The summed E-state index contributed by atoms with van der Waals surface area (Å²) in [6, 6.07) is 1.89. The molecule has 0 bridgehead atoms. The second-order valence-corrected chi connectivity index (χ2v) is 6.67. The van der Waals surface area contributed by atoms with E-state index < -0.39 is 11.6 Å². The molecular weight excluding hydrogens is 284 g/mol. The highest BCUT2D eigenvalue weighted by atomic mass is 16.7. The number of fused-ring (bicyclic) bond motifs is 1. The van der Waals surface area contributed by atoms with Crippen LogP contribution >= 0.6 is 0 Å². The molecular formula is C16H20N2O4. The molecule has 2 heterocycles. The van der Waals surface area contributed by atoms with Crippen LogP contribution in [0.1, 0.15) is 61.9 Å². The van der Waals surface area contributed by atoms with Crippen LogP contribution in [0.15, 0.2) is 16.7 Å². The summed E-state index contributed by atoms with van der Waals surface area (Å²) >= 11 is 0. The fourth-order valence-corrected chi connectivity index (χ4v) is 2.43. The van der Waals surface area contributed by atoms with Gasteiger partial charge in [-0.25, -0.2) is 10.3 Å². The average molecular weight is 304 g/mol. The molecule has 0 atom stereocenters. The number of rotatable bonds is 4. The lowest BCUT2D eigenvalue weighted by molar-refractivity contribution is 0.0331. The minimum Gasteiger partial charge on any atom is -0.477 e. The average Bonchev–Trinajstić information content (AvgIpc) is 2.71. The van der Waals surface area contributed by atoms with E-state index in [9.17, 15) is 9.90 Å². The molecule has 0 amide bonds. The normalized spacial score (nSPS) is 15.8. The van der Waals surface area contributed by atoms with Crippen molar-refractivity contribution >= 4 is 23.0 Å². The van der Waals surface area contributed by atoms with Gasteiger partial charge in [-0.15, -0.1) is 0 Å². The summed E-state index contributed by atoms with van der Waals surface area (Å²) in [7, 11) is 0. The number of hydrogen-bond donors (Lipinski definition) is 2. The third-order valence-corrected chi connectivity index (χ3v) is 3.79. The number of carboxylic acid groups (broad SMARTS) is 1. The van der Waals surface area contributed by atoms with Crippen LogP contribution in [0.4, 0.5) is 5.88 Å². The van der Waals surface area contributed by atoms with E-state index in [4.69, 9.17) is 9.25 Å². The second-order valence-electron chi connectivity index (χ2n) is 6.67. The minimum atomic E-state index is -1.09. The van der Waals surface area contributed by atoms with Crippen LogP contribution < -0.4 is 5.48 Å². The Hall–Kier alpha value is -2.08. The fraction of sp³-hybridized carbons (Fsp3) is 0.500. The number of carboxylic acids is 1. The molecule has 0 aromatic carbocycles. The summed E-state index contributed by atoms with van der Waals surface area (Å²) in [6.07, 6.45) is 5.28. The van der Waals surface area contributed by atoms with Gasteiger partial charge in [0.05, 0.1) is 5.60 Å². The van der Waals surface area contributed by atoms with Gasteiger partial charge in [0.15, 0.2) is 11.1 Å². The predicted molar refractivity (Wildman–Crippen MR) is 82.0 cm³/mol. The van der Waals surface area contributed by atoms with Crippen molar-refractivity contribution in [3.63, 3.8) is 0 Å². The van der Waals surface area contributed by atoms with E-state index >= 15 is 0 Å². The van der Waals surface area contributed by atoms with E-state index in [2.05, 4.69) is 10.5 Å². The number of furan rings is 1. The molecule has 6 heteroatoms. The standard InChI is InChI=1S/C16H20N2O4/c1-16(2,3)22-18-14-12(15(19)20)13-11(21-14)7-10(8-17-13)9-5-4-6-9/h7-9,18H,4-6H2,1-3H3,(H,19,20). The van der Waals surface area contributed by atoms with Crippen LogP contribution in [-0.2, 0) is 4.84 Å². The smallest absolute Gasteiger partial charge is 0.343 e. The van der Waals surface area contributed by atoms with Crippen molar-refractivity contribution in [2.75, 3.05) is 5.48 Å². The lowest BCUT2D eigenvalue weighted by Gasteiger charge is -2.25. The predicted octanol–water partition coefficient (Wildman–Crippen LogP) is 3.94. The van der Waals surface area contributed by atoms with Crippen molar-refractivity contribution in [2.24, 2.45) is 0 Å². The van der Waals surface area contributed by atoms with Gasteiger partial charge in [0, 0.05) is 6.20 Å². The van der Waals surface area contributed by atoms with Crippen LogP contribution in [0, 0.1) is 0 Å². The zero-order valence-electron chi connectivity index (χ0n) is 13.0. The molecule has 2 aromatic rings. The molecule has 0 spiro atoms. The summed E-state index contributed by atoms with van der Waals surface area (Å²) in [6.45, 7) is 5.57. The Kier molecular flexibility index (Phi) is 3.56. The van der Waals surface area contributed by atoms with Gasteiger partial charge < -0.3 is 9.52 Å². The molecule has 1 fully saturated rings. The van der Waals surface area contributed by atoms with Crippen molar-refractivity contribution in [1.29, 1.82) is 0 Å². The van der Waals surface area contributed by atoms with Crippen LogP contribution in [-0.4, -0.2) is 21.7 Å². The molecule has 3 rings (SSSR count). The number of pyridine rings is 1. The molecule has 1 saturated carbocycles. The first-order valence-corrected chi connectivity index (χ1v) is 7.45. The van der Waals surface area contributed by atoms with E-state index in [-0.39, 0.29) is 11.4 Å². The second kappa shape index (κ2) is 5.28. The number of anilines is 1. The molecule has 118 valence electrons. The molecule has 1 aliphatic rings. The van der Waals surface area contributed by atoms with Gasteiger partial charge in [0.2, 0.25) is 5.88 Å². The first-order valence-electron chi connectivity index (χ1n) is 7.45. The third-order valence-electron chi connectivity index (χ3n) is 3.79. The Morgan fingerprint density at radius 3 is 2.73 bits per heavy atom. The van der Waals surface area contributed by atoms with E-state index in [1.165, 1.54) is 6.42 Å². The molecule has 0 radical (unpaired) electrons. The molecule has 22 heavy (non-hydrogen) atoms. The maximum atomic E-state index is 11.5. The first-order chi connectivity index (χ1) is 10.3. The summed E-state index contributed by atoms with van der Waals surface area (Å²) < 4.78 is 5.64. The zero-order valence-corrected chi connectivity index (χ0v) is 13.0. The van der Waals surface area contributed by atoms with Gasteiger partial charge in [-0.2, -0.15) is 0 Å². The molecule has 0 aliphatic heterocycles.